The third-order valence-corrected chi connectivity index (χ3v) is 2.48. The monoisotopic (exact) mass is 223 g/mol. The van der Waals surface area contributed by atoms with Crippen molar-refractivity contribution in [2.24, 2.45) is 5.73 Å². The summed E-state index contributed by atoms with van der Waals surface area (Å²) >= 11 is 0. The van der Waals surface area contributed by atoms with Gasteiger partial charge in [0.15, 0.2) is 0 Å². The number of nitrogens with two attached hydrogens (primary N) is 1. The molecular formula is C11H17N3O2. The second kappa shape index (κ2) is 6.19. The average Bonchev–Trinajstić information content (AvgIpc) is 2.30. The first-order chi connectivity index (χ1) is 7.66. The summed E-state index contributed by atoms with van der Waals surface area (Å²) in [6.45, 7) is 2.63. The molecule has 0 bridgehead atoms. The highest BCUT2D eigenvalue weighted by Gasteiger charge is 2.27. The molecule has 0 saturated carbocycles. The van der Waals surface area contributed by atoms with Gasteiger partial charge < -0.3 is 11.1 Å². The lowest BCUT2D eigenvalue weighted by molar-refractivity contribution is -0.523. The fourth-order valence-electron chi connectivity index (χ4n) is 1.59. The molecule has 1 aromatic rings. The number of hydrogen-bond donors (Lipinski definition) is 2. The molecule has 1 aromatic carbocycles. The molecule has 0 heterocycles. The van der Waals surface area contributed by atoms with Crippen molar-refractivity contribution in [3.63, 3.8) is 0 Å². The van der Waals surface area contributed by atoms with E-state index in [1.54, 1.807) is 6.92 Å². The zero-order chi connectivity index (χ0) is 12.0. The van der Waals surface area contributed by atoms with Gasteiger partial charge >= 0.3 is 0 Å². The Hall–Kier alpha value is -1.46. The molecule has 88 valence electrons. The number of rotatable bonds is 6. The molecule has 0 fully saturated rings. The van der Waals surface area contributed by atoms with Crippen LogP contribution in [0.2, 0.25) is 0 Å². The van der Waals surface area contributed by atoms with Crippen LogP contribution >= 0.6 is 0 Å². The van der Waals surface area contributed by atoms with Gasteiger partial charge in [0, 0.05) is 24.9 Å². The zero-order valence-electron chi connectivity index (χ0n) is 9.30. The van der Waals surface area contributed by atoms with Crippen molar-refractivity contribution in [2.45, 2.75) is 19.0 Å². The first-order valence-electron chi connectivity index (χ1n) is 5.28. The minimum Gasteiger partial charge on any atom is -0.329 e. The maximum atomic E-state index is 10.8. The molecule has 0 aliphatic carbocycles. The topological polar surface area (TPSA) is 81.2 Å². The van der Waals surface area contributed by atoms with E-state index in [0.29, 0.717) is 13.1 Å². The van der Waals surface area contributed by atoms with Gasteiger partial charge in [0.25, 0.3) is 0 Å². The second-order valence-electron chi connectivity index (χ2n) is 3.66. The Bertz CT molecular complexity index is 329. The molecular weight excluding hydrogens is 206 g/mol. The third kappa shape index (κ3) is 3.29. The maximum Gasteiger partial charge on any atom is 0.229 e. The van der Waals surface area contributed by atoms with Crippen molar-refractivity contribution in [2.75, 3.05) is 13.1 Å². The van der Waals surface area contributed by atoms with Gasteiger partial charge in [-0.3, -0.25) is 10.1 Å². The van der Waals surface area contributed by atoms with E-state index in [4.69, 9.17) is 5.73 Å². The van der Waals surface area contributed by atoms with Crippen LogP contribution in [0, 0.1) is 10.1 Å². The van der Waals surface area contributed by atoms with Crippen LogP contribution in [0.25, 0.3) is 0 Å². The fraction of sp³-hybridized carbons (Fsp3) is 0.455. The summed E-state index contributed by atoms with van der Waals surface area (Å²) in [5.41, 5.74) is 6.32. The Kier molecular flexibility index (Phi) is 4.88. The first kappa shape index (κ1) is 12.6. The second-order valence-corrected chi connectivity index (χ2v) is 3.66. The smallest absolute Gasteiger partial charge is 0.229 e. The van der Waals surface area contributed by atoms with Gasteiger partial charge in [0.1, 0.15) is 6.04 Å². The van der Waals surface area contributed by atoms with E-state index >= 15 is 0 Å². The van der Waals surface area contributed by atoms with Crippen molar-refractivity contribution in [1.82, 2.24) is 5.32 Å². The highest BCUT2D eigenvalue weighted by atomic mass is 16.6. The van der Waals surface area contributed by atoms with Gasteiger partial charge in [-0.1, -0.05) is 30.3 Å². The average molecular weight is 223 g/mol. The summed E-state index contributed by atoms with van der Waals surface area (Å²) in [6.07, 6.45) is 0. The third-order valence-electron chi connectivity index (χ3n) is 2.48. The highest BCUT2D eigenvalue weighted by Crippen LogP contribution is 2.18. The van der Waals surface area contributed by atoms with Crippen LogP contribution in [0.1, 0.15) is 18.5 Å². The molecule has 0 aliphatic rings. The standard InChI is InChI=1S/C11H17N3O2/c1-9(14(15)16)11(13-8-7-12)10-5-3-2-4-6-10/h2-6,9,11,13H,7-8,12H2,1H3. The summed E-state index contributed by atoms with van der Waals surface area (Å²) in [7, 11) is 0. The van der Waals surface area contributed by atoms with E-state index in [0.717, 1.165) is 5.56 Å². The Labute approximate surface area is 94.8 Å². The number of nitro groups is 1. The predicted molar refractivity (Wildman–Crippen MR) is 62.7 cm³/mol. The minimum atomic E-state index is -0.672. The molecule has 2 atom stereocenters. The Morgan fingerprint density at radius 3 is 2.56 bits per heavy atom. The Morgan fingerprint density at radius 1 is 1.44 bits per heavy atom. The van der Waals surface area contributed by atoms with Crippen LogP contribution in [-0.2, 0) is 0 Å². The predicted octanol–water partition coefficient (Wildman–Crippen LogP) is 0.941. The number of nitrogens with zero attached hydrogens (tertiary/aromatic N) is 1. The molecule has 3 N–H and O–H groups in total. The van der Waals surface area contributed by atoms with Crippen LogP contribution in [0.15, 0.2) is 30.3 Å². The molecule has 2 unspecified atom stereocenters. The largest absolute Gasteiger partial charge is 0.329 e. The summed E-state index contributed by atoms with van der Waals surface area (Å²) in [6, 6.07) is 8.44. The maximum absolute atomic E-state index is 10.8. The van der Waals surface area contributed by atoms with E-state index in [2.05, 4.69) is 5.32 Å². The van der Waals surface area contributed by atoms with Crippen molar-refractivity contribution < 1.29 is 4.92 Å². The van der Waals surface area contributed by atoms with Crippen molar-refractivity contribution in [3.05, 3.63) is 46.0 Å². The van der Waals surface area contributed by atoms with Gasteiger partial charge in [0.2, 0.25) is 6.04 Å². The van der Waals surface area contributed by atoms with Gasteiger partial charge in [-0.25, -0.2) is 0 Å². The summed E-state index contributed by atoms with van der Waals surface area (Å²) in [5, 5.41) is 13.9. The van der Waals surface area contributed by atoms with E-state index in [-0.39, 0.29) is 11.0 Å². The number of benzene rings is 1. The molecule has 0 saturated heterocycles. The van der Waals surface area contributed by atoms with Crippen molar-refractivity contribution in [1.29, 1.82) is 0 Å². The fourth-order valence-corrected chi connectivity index (χ4v) is 1.59. The molecule has 0 aliphatic heterocycles. The van der Waals surface area contributed by atoms with E-state index in [1.165, 1.54) is 0 Å². The van der Waals surface area contributed by atoms with Gasteiger partial charge in [-0.05, 0) is 5.56 Å². The lowest BCUT2D eigenvalue weighted by Crippen LogP contribution is -2.37. The zero-order valence-corrected chi connectivity index (χ0v) is 9.30. The number of hydrogen-bond acceptors (Lipinski definition) is 4. The minimum absolute atomic E-state index is 0.277. The molecule has 0 radical (unpaired) electrons. The van der Waals surface area contributed by atoms with Gasteiger partial charge in [-0.15, -0.1) is 0 Å². The van der Waals surface area contributed by atoms with E-state index in [1.807, 2.05) is 30.3 Å². The highest BCUT2D eigenvalue weighted by molar-refractivity contribution is 5.19. The van der Waals surface area contributed by atoms with E-state index < -0.39 is 6.04 Å². The van der Waals surface area contributed by atoms with Crippen LogP contribution < -0.4 is 11.1 Å². The van der Waals surface area contributed by atoms with Crippen LogP contribution in [-0.4, -0.2) is 24.1 Å². The SMILES string of the molecule is CC(C(NCCN)c1ccccc1)[N+](=O)[O-]. The van der Waals surface area contributed by atoms with Crippen LogP contribution in [0.4, 0.5) is 0 Å². The van der Waals surface area contributed by atoms with Crippen molar-refractivity contribution >= 4 is 0 Å². The molecule has 0 aromatic heterocycles. The summed E-state index contributed by atoms with van der Waals surface area (Å²) in [4.78, 5) is 10.5. The summed E-state index contributed by atoms with van der Waals surface area (Å²) < 4.78 is 0. The van der Waals surface area contributed by atoms with Crippen LogP contribution in [0.3, 0.4) is 0 Å². The molecule has 0 amide bonds. The van der Waals surface area contributed by atoms with Crippen molar-refractivity contribution in [3.8, 4) is 0 Å². The van der Waals surface area contributed by atoms with E-state index in [9.17, 15) is 10.1 Å². The van der Waals surface area contributed by atoms with Crippen LogP contribution in [0.5, 0.6) is 0 Å². The molecule has 1 rings (SSSR count). The molecule has 0 spiro atoms. The normalized spacial score (nSPS) is 14.4. The number of nitrogens with one attached hydrogen (secondary N) is 1. The molecule has 16 heavy (non-hydrogen) atoms. The Morgan fingerprint density at radius 2 is 2.06 bits per heavy atom. The molecule has 5 nitrogen and oxygen atoms in total. The van der Waals surface area contributed by atoms with Gasteiger partial charge in [-0.2, -0.15) is 0 Å². The van der Waals surface area contributed by atoms with Gasteiger partial charge in [0.05, 0.1) is 0 Å². The summed E-state index contributed by atoms with van der Waals surface area (Å²) in [5.74, 6) is 0. The lowest BCUT2D eigenvalue weighted by atomic mass is 10.0. The Balaban J connectivity index is 2.83. The lowest BCUT2D eigenvalue weighted by Gasteiger charge is -2.19. The quantitative estimate of drug-likeness (QED) is 0.555. The molecule has 5 heteroatoms. The first-order valence-corrected chi connectivity index (χ1v) is 5.28.